The van der Waals surface area contributed by atoms with E-state index in [1.165, 1.54) is 21.1 Å². The van der Waals surface area contributed by atoms with E-state index in [4.69, 9.17) is 9.47 Å². The highest BCUT2D eigenvalue weighted by Crippen LogP contribution is 2.32. The second kappa shape index (κ2) is 7.89. The Morgan fingerprint density at radius 3 is 2.30 bits per heavy atom. The van der Waals surface area contributed by atoms with Crippen LogP contribution in [-0.4, -0.2) is 26.2 Å². The second-order valence-corrected chi connectivity index (χ2v) is 4.64. The van der Waals surface area contributed by atoms with Gasteiger partial charge in [0.25, 0.3) is 0 Å². The summed E-state index contributed by atoms with van der Waals surface area (Å²) >= 11 is 3.39. The minimum atomic E-state index is -0.422. The molecule has 1 aromatic carbocycles. The maximum atomic E-state index is 11.2. The first kappa shape index (κ1) is 16.5. The van der Waals surface area contributed by atoms with Crippen LogP contribution >= 0.6 is 15.9 Å². The van der Waals surface area contributed by atoms with E-state index in [2.05, 4.69) is 20.7 Å². The van der Waals surface area contributed by atoms with E-state index in [-0.39, 0.29) is 12.4 Å². The second-order valence-electron chi connectivity index (χ2n) is 4.08. The van der Waals surface area contributed by atoms with Crippen LogP contribution in [0.2, 0.25) is 0 Å². The molecule has 0 saturated heterocycles. The number of carbonyl (C=O) groups excluding carboxylic acids is 2. The molecule has 1 aromatic rings. The number of methoxy groups -OCH3 is 2. The molecule has 0 unspecified atom stereocenters. The molecule has 0 aromatic heterocycles. The lowest BCUT2D eigenvalue weighted by atomic mass is 10.0. The van der Waals surface area contributed by atoms with Gasteiger partial charge in [0.05, 0.1) is 14.2 Å². The molecule has 6 heteroatoms. The zero-order valence-electron chi connectivity index (χ0n) is 11.7. The van der Waals surface area contributed by atoms with E-state index in [0.29, 0.717) is 23.2 Å². The highest BCUT2D eigenvalue weighted by atomic mass is 79.9. The predicted molar refractivity (Wildman–Crippen MR) is 77.3 cm³/mol. The Bertz CT molecular complexity index is 499. The topological polar surface area (TPSA) is 61.8 Å². The lowest BCUT2D eigenvalue weighted by Gasteiger charge is -2.13. The molecule has 20 heavy (non-hydrogen) atoms. The standard InChI is InChI=1S/C14H17BrO5/c1-9(16)20-13-6-10(4-5-14(17)19-3)11(8-15)7-12(13)18-2/h6-7H,4-5,8H2,1-3H3. The van der Waals surface area contributed by atoms with Gasteiger partial charge in [0.2, 0.25) is 0 Å². The van der Waals surface area contributed by atoms with Crippen molar-refractivity contribution in [3.05, 3.63) is 23.3 Å². The fourth-order valence-corrected chi connectivity index (χ4v) is 2.26. The fraction of sp³-hybridized carbons (Fsp3) is 0.429. The molecule has 1 rings (SSSR count). The number of hydrogen-bond acceptors (Lipinski definition) is 5. The Morgan fingerprint density at radius 2 is 1.80 bits per heavy atom. The summed E-state index contributed by atoms with van der Waals surface area (Å²) in [5, 5.41) is 0.611. The van der Waals surface area contributed by atoms with Crippen LogP contribution < -0.4 is 9.47 Å². The lowest BCUT2D eigenvalue weighted by molar-refractivity contribution is -0.140. The molecular formula is C14H17BrO5. The van der Waals surface area contributed by atoms with Crippen LogP contribution in [0.1, 0.15) is 24.5 Å². The number of aryl methyl sites for hydroxylation is 1. The summed E-state index contributed by atoms with van der Waals surface area (Å²) in [5.41, 5.74) is 1.88. The van der Waals surface area contributed by atoms with Crippen LogP contribution in [-0.2, 0) is 26.1 Å². The van der Waals surface area contributed by atoms with Gasteiger partial charge in [0.1, 0.15) is 0 Å². The molecule has 0 radical (unpaired) electrons. The van der Waals surface area contributed by atoms with E-state index >= 15 is 0 Å². The van der Waals surface area contributed by atoms with Gasteiger partial charge in [-0.05, 0) is 29.7 Å². The van der Waals surface area contributed by atoms with E-state index < -0.39 is 5.97 Å². The van der Waals surface area contributed by atoms with Crippen molar-refractivity contribution in [2.45, 2.75) is 25.1 Å². The number of esters is 2. The Hall–Kier alpha value is -1.56. The van der Waals surface area contributed by atoms with Gasteiger partial charge in [-0.25, -0.2) is 0 Å². The Balaban J connectivity index is 3.07. The van der Waals surface area contributed by atoms with Gasteiger partial charge in [-0.15, -0.1) is 0 Å². The molecule has 110 valence electrons. The summed E-state index contributed by atoms with van der Waals surface area (Å²) in [6.07, 6.45) is 0.772. The van der Waals surface area contributed by atoms with Crippen molar-refractivity contribution in [3.8, 4) is 11.5 Å². The number of alkyl halides is 1. The molecule has 0 amide bonds. The van der Waals surface area contributed by atoms with Crippen LogP contribution in [0.25, 0.3) is 0 Å². The molecule has 0 N–H and O–H groups in total. The summed E-state index contributed by atoms with van der Waals surface area (Å²) in [5.74, 6) is 0.130. The first-order valence-electron chi connectivity index (χ1n) is 6.02. The van der Waals surface area contributed by atoms with Crippen molar-refractivity contribution < 1.29 is 23.8 Å². The number of benzene rings is 1. The zero-order valence-corrected chi connectivity index (χ0v) is 13.3. The lowest BCUT2D eigenvalue weighted by Crippen LogP contribution is -2.07. The summed E-state index contributed by atoms with van der Waals surface area (Å²) in [7, 11) is 2.86. The summed E-state index contributed by atoms with van der Waals surface area (Å²) in [6, 6.07) is 3.51. The predicted octanol–water partition coefficient (Wildman–Crippen LogP) is 2.62. The van der Waals surface area contributed by atoms with Crippen LogP contribution in [0.5, 0.6) is 11.5 Å². The van der Waals surface area contributed by atoms with Crippen LogP contribution in [0.4, 0.5) is 0 Å². The van der Waals surface area contributed by atoms with Crippen LogP contribution in [0.3, 0.4) is 0 Å². The van der Waals surface area contributed by atoms with Crippen molar-refractivity contribution >= 4 is 27.9 Å². The Labute approximate surface area is 126 Å². The van der Waals surface area contributed by atoms with Crippen molar-refractivity contribution in [1.29, 1.82) is 0 Å². The van der Waals surface area contributed by atoms with Crippen LogP contribution in [0.15, 0.2) is 12.1 Å². The van der Waals surface area contributed by atoms with E-state index in [9.17, 15) is 9.59 Å². The third-order valence-electron chi connectivity index (χ3n) is 2.71. The number of ether oxygens (including phenoxy) is 3. The summed E-state index contributed by atoms with van der Waals surface area (Å²) < 4.78 is 14.9. The van der Waals surface area contributed by atoms with Crippen molar-refractivity contribution in [3.63, 3.8) is 0 Å². The van der Waals surface area contributed by atoms with Gasteiger partial charge >= 0.3 is 11.9 Å². The van der Waals surface area contributed by atoms with Crippen molar-refractivity contribution in [2.75, 3.05) is 14.2 Å². The Kier molecular flexibility index (Phi) is 6.51. The van der Waals surface area contributed by atoms with Gasteiger partial charge in [0, 0.05) is 18.7 Å². The van der Waals surface area contributed by atoms with Gasteiger partial charge in [-0.3, -0.25) is 9.59 Å². The third-order valence-corrected chi connectivity index (χ3v) is 3.31. The molecule has 0 spiro atoms. The molecule has 0 aliphatic rings. The van der Waals surface area contributed by atoms with Gasteiger partial charge in [-0.1, -0.05) is 15.9 Å². The molecule has 0 saturated carbocycles. The molecule has 0 bridgehead atoms. The number of carbonyl (C=O) groups is 2. The molecule has 0 atom stereocenters. The van der Waals surface area contributed by atoms with E-state index in [0.717, 1.165) is 11.1 Å². The highest BCUT2D eigenvalue weighted by molar-refractivity contribution is 9.08. The molecular weight excluding hydrogens is 328 g/mol. The molecule has 5 nitrogen and oxygen atoms in total. The third kappa shape index (κ3) is 4.52. The van der Waals surface area contributed by atoms with E-state index in [1.807, 2.05) is 0 Å². The zero-order chi connectivity index (χ0) is 15.1. The number of rotatable bonds is 6. The monoisotopic (exact) mass is 344 g/mol. The largest absolute Gasteiger partial charge is 0.493 e. The smallest absolute Gasteiger partial charge is 0.308 e. The first-order chi connectivity index (χ1) is 9.51. The number of hydrogen-bond donors (Lipinski definition) is 0. The quantitative estimate of drug-likeness (QED) is 0.451. The van der Waals surface area contributed by atoms with Gasteiger partial charge in [0.15, 0.2) is 11.5 Å². The highest BCUT2D eigenvalue weighted by Gasteiger charge is 2.14. The van der Waals surface area contributed by atoms with Crippen molar-refractivity contribution in [2.24, 2.45) is 0 Å². The Morgan fingerprint density at radius 1 is 1.15 bits per heavy atom. The summed E-state index contributed by atoms with van der Waals surface area (Å²) in [6.45, 7) is 1.33. The van der Waals surface area contributed by atoms with Crippen molar-refractivity contribution in [1.82, 2.24) is 0 Å². The maximum Gasteiger partial charge on any atom is 0.308 e. The molecule has 0 heterocycles. The normalized spacial score (nSPS) is 10.0. The average Bonchev–Trinajstić information content (AvgIpc) is 2.43. The average molecular weight is 345 g/mol. The molecule has 0 aliphatic heterocycles. The fourth-order valence-electron chi connectivity index (χ4n) is 1.73. The van der Waals surface area contributed by atoms with Crippen LogP contribution in [0, 0.1) is 0 Å². The number of halogens is 1. The molecule has 0 fully saturated rings. The summed E-state index contributed by atoms with van der Waals surface area (Å²) in [4.78, 5) is 22.3. The molecule has 0 aliphatic carbocycles. The van der Waals surface area contributed by atoms with E-state index in [1.54, 1.807) is 12.1 Å². The van der Waals surface area contributed by atoms with Gasteiger partial charge < -0.3 is 14.2 Å². The van der Waals surface area contributed by atoms with Gasteiger partial charge in [-0.2, -0.15) is 0 Å². The minimum Gasteiger partial charge on any atom is -0.493 e. The minimum absolute atomic E-state index is 0.266. The maximum absolute atomic E-state index is 11.2. The first-order valence-corrected chi connectivity index (χ1v) is 7.15. The SMILES string of the molecule is COC(=O)CCc1cc(OC(C)=O)c(OC)cc1CBr.